The highest BCUT2D eigenvalue weighted by Gasteiger charge is 2.19. The van der Waals surface area contributed by atoms with Crippen molar-refractivity contribution in [3.63, 3.8) is 0 Å². The Labute approximate surface area is 339 Å². The molecule has 4 heteroatoms. The fourth-order valence-electron chi connectivity index (χ4n) is 9.30. The lowest BCUT2D eigenvalue weighted by atomic mass is 9.88. The molecule has 0 N–H and O–H groups in total. The SMILES string of the molecule is C=C1/C=C\C=C/Cc2ccccc2-c2ccc(-c3nccc4c3sc3ccc(-n5c6ccccc6c6cc(-n7c8ccccc8c8ccccc87)ccc65)cc34)cc21. The molecular formula is C54H35N3S. The van der Waals surface area contributed by atoms with Crippen LogP contribution < -0.4 is 0 Å². The number of nitrogens with zero attached hydrogens (tertiary/aromatic N) is 3. The minimum absolute atomic E-state index is 0.886. The highest BCUT2D eigenvalue weighted by molar-refractivity contribution is 7.26. The van der Waals surface area contributed by atoms with Crippen LogP contribution in [0.1, 0.15) is 11.1 Å². The van der Waals surface area contributed by atoms with E-state index in [0.29, 0.717) is 0 Å². The smallest absolute Gasteiger partial charge is 0.0880 e. The number of hydrogen-bond donors (Lipinski definition) is 0. The molecule has 0 saturated carbocycles. The molecule has 4 heterocycles. The summed E-state index contributed by atoms with van der Waals surface area (Å²) in [5, 5.41) is 7.46. The lowest BCUT2D eigenvalue weighted by Gasteiger charge is -2.16. The Bertz CT molecular complexity index is 3520. The number of hydrogen-bond acceptors (Lipinski definition) is 2. The maximum Gasteiger partial charge on any atom is 0.0880 e. The van der Waals surface area contributed by atoms with Crippen molar-refractivity contribution in [2.45, 2.75) is 6.42 Å². The summed E-state index contributed by atoms with van der Waals surface area (Å²) in [6, 6.07) is 57.8. The maximum absolute atomic E-state index is 5.03. The zero-order valence-electron chi connectivity index (χ0n) is 31.6. The van der Waals surface area contributed by atoms with Crippen LogP contribution in [0, 0.1) is 0 Å². The van der Waals surface area contributed by atoms with Crippen molar-refractivity contribution in [3.8, 4) is 33.8 Å². The number of pyridine rings is 1. The van der Waals surface area contributed by atoms with Gasteiger partial charge in [-0.3, -0.25) is 4.98 Å². The van der Waals surface area contributed by atoms with Gasteiger partial charge < -0.3 is 9.13 Å². The molecule has 12 rings (SSSR count). The number of aromatic nitrogens is 3. The molecule has 0 fully saturated rings. The van der Waals surface area contributed by atoms with E-state index in [1.807, 2.05) is 17.5 Å². The lowest BCUT2D eigenvalue weighted by Crippen LogP contribution is -1.95. The second kappa shape index (κ2) is 12.9. The second-order valence-corrected chi connectivity index (χ2v) is 16.2. The van der Waals surface area contributed by atoms with Crippen molar-refractivity contribution in [2.75, 3.05) is 0 Å². The highest BCUT2D eigenvalue weighted by atomic mass is 32.1. The maximum atomic E-state index is 5.03. The number of thiophene rings is 1. The van der Waals surface area contributed by atoms with Crippen LogP contribution in [-0.4, -0.2) is 14.1 Å². The first-order valence-corrected chi connectivity index (χ1v) is 20.6. The van der Waals surface area contributed by atoms with E-state index in [0.717, 1.165) is 40.2 Å². The molecule has 0 unspecified atom stereocenters. The molecule has 7 aromatic carbocycles. The fourth-order valence-corrected chi connectivity index (χ4v) is 10.5. The third-order valence-electron chi connectivity index (χ3n) is 12.0. The van der Waals surface area contributed by atoms with Crippen LogP contribution in [0.5, 0.6) is 0 Å². The number of fused-ring (bicyclic) bond motifs is 12. The summed E-state index contributed by atoms with van der Waals surface area (Å²) in [5.41, 5.74) is 15.1. The van der Waals surface area contributed by atoms with E-state index >= 15 is 0 Å². The van der Waals surface area contributed by atoms with Gasteiger partial charge in [-0.2, -0.15) is 0 Å². The van der Waals surface area contributed by atoms with E-state index in [1.54, 1.807) is 0 Å². The average Bonchev–Trinajstić information content (AvgIpc) is 3.93. The fraction of sp³-hybridized carbons (Fsp3) is 0.0185. The third-order valence-corrected chi connectivity index (χ3v) is 13.1. The molecule has 4 aromatic heterocycles. The van der Waals surface area contributed by atoms with E-state index in [1.165, 1.54) is 80.5 Å². The number of para-hydroxylation sites is 3. The van der Waals surface area contributed by atoms with Gasteiger partial charge in [-0.25, -0.2) is 0 Å². The minimum Gasteiger partial charge on any atom is -0.309 e. The van der Waals surface area contributed by atoms with Gasteiger partial charge in [0.15, 0.2) is 0 Å². The molecule has 1 aliphatic rings. The molecule has 272 valence electrons. The number of allylic oxidation sites excluding steroid dienone is 5. The first-order chi connectivity index (χ1) is 28.7. The summed E-state index contributed by atoms with van der Waals surface area (Å²) >= 11 is 1.82. The molecular weight excluding hydrogens is 723 g/mol. The van der Waals surface area contributed by atoms with Gasteiger partial charge in [0.2, 0.25) is 0 Å². The van der Waals surface area contributed by atoms with Crippen molar-refractivity contribution in [1.82, 2.24) is 14.1 Å². The van der Waals surface area contributed by atoms with E-state index < -0.39 is 0 Å². The molecule has 58 heavy (non-hydrogen) atoms. The van der Waals surface area contributed by atoms with Gasteiger partial charge in [-0.05, 0) is 101 Å². The zero-order chi connectivity index (χ0) is 38.3. The minimum atomic E-state index is 0.886. The summed E-state index contributed by atoms with van der Waals surface area (Å²) in [6.45, 7) is 4.51. The van der Waals surface area contributed by atoms with Crippen molar-refractivity contribution in [3.05, 3.63) is 206 Å². The van der Waals surface area contributed by atoms with Gasteiger partial charge in [0.05, 0.1) is 32.5 Å². The predicted molar refractivity (Wildman–Crippen MR) is 248 cm³/mol. The molecule has 11 aromatic rings. The number of benzene rings is 7. The Morgan fingerprint density at radius 3 is 1.90 bits per heavy atom. The van der Waals surface area contributed by atoms with Crippen LogP contribution in [0.3, 0.4) is 0 Å². The quantitative estimate of drug-likeness (QED) is 0.176. The van der Waals surface area contributed by atoms with Gasteiger partial charge in [-0.15, -0.1) is 11.3 Å². The molecule has 0 saturated heterocycles. The van der Waals surface area contributed by atoms with Crippen molar-refractivity contribution in [2.24, 2.45) is 0 Å². The van der Waals surface area contributed by atoms with Crippen molar-refractivity contribution < 1.29 is 0 Å². The normalized spacial score (nSPS) is 14.1. The van der Waals surface area contributed by atoms with Gasteiger partial charge >= 0.3 is 0 Å². The molecule has 0 bridgehead atoms. The summed E-state index contributed by atoms with van der Waals surface area (Å²) in [5.74, 6) is 0. The first kappa shape index (κ1) is 32.9. The van der Waals surface area contributed by atoms with Crippen molar-refractivity contribution >= 4 is 80.7 Å². The van der Waals surface area contributed by atoms with E-state index in [4.69, 9.17) is 4.98 Å². The number of rotatable bonds is 3. The van der Waals surface area contributed by atoms with Crippen LogP contribution in [0.25, 0.3) is 103 Å². The monoisotopic (exact) mass is 757 g/mol. The van der Waals surface area contributed by atoms with Crippen LogP contribution in [0.15, 0.2) is 195 Å². The molecule has 1 aliphatic carbocycles. The molecule has 3 nitrogen and oxygen atoms in total. The zero-order valence-corrected chi connectivity index (χ0v) is 32.4. The van der Waals surface area contributed by atoms with Crippen LogP contribution in [0.2, 0.25) is 0 Å². The third kappa shape index (κ3) is 4.95. The Hall–Kier alpha value is -7.27. The largest absolute Gasteiger partial charge is 0.309 e. The molecule has 0 atom stereocenters. The summed E-state index contributed by atoms with van der Waals surface area (Å²) in [7, 11) is 0. The standard InChI is InChI=1S/C54H35N3S/c1-34-13-3-2-4-14-35-15-5-6-16-39(35)40-26-23-36(31-45(34)40)53-54-44(29-30-55-53)47-33-38(25-28-52(47)58-54)57-50-22-12-9-19-43(50)46-32-37(24-27-51(46)57)56-48-20-10-7-17-41(48)42-18-8-11-21-49(42)56/h2-13,15-33H,1,14H2/b4-2-,13-3-. The van der Waals surface area contributed by atoms with Gasteiger partial charge in [0.25, 0.3) is 0 Å². The van der Waals surface area contributed by atoms with E-state index in [9.17, 15) is 0 Å². The Morgan fingerprint density at radius 2 is 1.14 bits per heavy atom. The topological polar surface area (TPSA) is 22.8 Å². The summed E-state index contributed by atoms with van der Waals surface area (Å²) < 4.78 is 7.27. The van der Waals surface area contributed by atoms with Gasteiger partial charge in [0.1, 0.15) is 0 Å². The summed E-state index contributed by atoms with van der Waals surface area (Å²) in [4.78, 5) is 5.03. The predicted octanol–water partition coefficient (Wildman–Crippen LogP) is 14.7. The second-order valence-electron chi connectivity index (χ2n) is 15.2. The van der Waals surface area contributed by atoms with Gasteiger partial charge in [0, 0.05) is 60.2 Å². The van der Waals surface area contributed by atoms with E-state index in [-0.39, 0.29) is 0 Å². The molecule has 0 radical (unpaired) electrons. The summed E-state index contributed by atoms with van der Waals surface area (Å²) in [6.07, 6.45) is 11.4. The van der Waals surface area contributed by atoms with Gasteiger partial charge in [-0.1, -0.05) is 122 Å². The van der Waals surface area contributed by atoms with Crippen LogP contribution in [-0.2, 0) is 6.42 Å². The first-order valence-electron chi connectivity index (χ1n) is 19.8. The molecule has 0 aliphatic heterocycles. The highest BCUT2D eigenvalue weighted by Crippen LogP contribution is 2.43. The Morgan fingerprint density at radius 1 is 0.500 bits per heavy atom. The lowest BCUT2D eigenvalue weighted by molar-refractivity contribution is 1.17. The molecule has 0 spiro atoms. The van der Waals surface area contributed by atoms with E-state index in [2.05, 4.69) is 198 Å². The van der Waals surface area contributed by atoms with Crippen molar-refractivity contribution in [1.29, 1.82) is 0 Å². The average molecular weight is 758 g/mol. The Balaban J connectivity index is 1.01. The van der Waals surface area contributed by atoms with Crippen LogP contribution >= 0.6 is 11.3 Å². The Kier molecular flexibility index (Phi) is 7.31. The molecule has 0 amide bonds. The van der Waals surface area contributed by atoms with Crippen LogP contribution in [0.4, 0.5) is 0 Å².